The average molecular weight is 478 g/mol. The number of benzene rings is 1. The van der Waals surface area contributed by atoms with Gasteiger partial charge in [-0.15, -0.1) is 0 Å². The summed E-state index contributed by atoms with van der Waals surface area (Å²) in [5.74, 6) is -1.57. The highest BCUT2D eigenvalue weighted by molar-refractivity contribution is 5.90. The minimum absolute atomic E-state index is 0.0436. The first-order valence-corrected chi connectivity index (χ1v) is 11.1. The van der Waals surface area contributed by atoms with Gasteiger partial charge in [-0.3, -0.25) is 0 Å². The molecule has 1 aromatic carbocycles. The summed E-state index contributed by atoms with van der Waals surface area (Å²) in [7, 11) is 0. The molecule has 11 heteroatoms. The Morgan fingerprint density at radius 1 is 1.17 bits per heavy atom. The van der Waals surface area contributed by atoms with Crippen LogP contribution in [0, 0.1) is 19.7 Å². The summed E-state index contributed by atoms with van der Waals surface area (Å²) in [5, 5.41) is 19.3. The van der Waals surface area contributed by atoms with Crippen LogP contribution < -0.4 is 4.74 Å². The molecule has 4 heterocycles. The number of aromatic nitrogens is 3. The van der Waals surface area contributed by atoms with Crippen molar-refractivity contribution in [1.29, 1.82) is 0 Å². The maximum Gasteiger partial charge on any atom is 0.341 e. The Balaban J connectivity index is 1.26. The molecule has 0 aliphatic carbocycles. The monoisotopic (exact) mass is 478 g/mol. The quantitative estimate of drug-likeness (QED) is 0.602. The Morgan fingerprint density at radius 2 is 1.91 bits per heavy atom. The fraction of sp³-hybridized carbons (Fsp3) is 0.292. The van der Waals surface area contributed by atoms with Gasteiger partial charge in [0.1, 0.15) is 11.7 Å². The maximum absolute atomic E-state index is 14.4. The number of pyridine rings is 1. The lowest BCUT2D eigenvalue weighted by Crippen LogP contribution is -2.58. The van der Waals surface area contributed by atoms with Crippen LogP contribution in [-0.2, 0) is 0 Å². The molecule has 0 saturated carbocycles. The molecule has 2 aliphatic heterocycles. The van der Waals surface area contributed by atoms with Crippen LogP contribution in [0.1, 0.15) is 39.8 Å². The third kappa shape index (κ3) is 4.09. The number of rotatable bonds is 5. The molecule has 1 fully saturated rings. The molecule has 1 atom stereocenters. The molecule has 2 aliphatic rings. The van der Waals surface area contributed by atoms with Gasteiger partial charge >= 0.3 is 12.0 Å². The highest BCUT2D eigenvalue weighted by Crippen LogP contribution is 2.31. The van der Waals surface area contributed by atoms with E-state index in [-0.39, 0.29) is 42.3 Å². The van der Waals surface area contributed by atoms with Crippen molar-refractivity contribution in [2.45, 2.75) is 32.4 Å². The lowest BCUT2D eigenvalue weighted by atomic mass is 10.0. The number of aryl methyl sites for hydroxylation is 1. The number of carbonyl (C=O) groups excluding carboxylic acids is 1. The Kier molecular flexibility index (Phi) is 5.67. The number of halogens is 1. The van der Waals surface area contributed by atoms with E-state index in [1.807, 2.05) is 30.3 Å². The minimum atomic E-state index is -1.10. The van der Waals surface area contributed by atoms with Gasteiger partial charge in [0.2, 0.25) is 0 Å². The molecule has 1 unspecified atom stereocenters. The second kappa shape index (κ2) is 8.82. The number of hydrazone groups is 1. The zero-order chi connectivity index (χ0) is 24.7. The molecular formula is C24H23FN6O4. The van der Waals surface area contributed by atoms with E-state index in [0.717, 1.165) is 11.8 Å². The van der Waals surface area contributed by atoms with Crippen molar-refractivity contribution in [3.05, 3.63) is 70.9 Å². The van der Waals surface area contributed by atoms with Gasteiger partial charge in [0, 0.05) is 18.7 Å². The number of carboxylic acids is 1. The first-order valence-electron chi connectivity index (χ1n) is 11.1. The summed E-state index contributed by atoms with van der Waals surface area (Å²) in [6.45, 7) is 3.76. The highest BCUT2D eigenvalue weighted by atomic mass is 19.1. The summed E-state index contributed by atoms with van der Waals surface area (Å²) in [5.41, 5.74) is 1.79. The Labute approximate surface area is 200 Å². The molecule has 0 radical (unpaired) electrons. The summed E-state index contributed by atoms with van der Waals surface area (Å²) in [6, 6.07) is 10.7. The van der Waals surface area contributed by atoms with E-state index >= 15 is 0 Å². The maximum atomic E-state index is 14.4. The van der Waals surface area contributed by atoms with Gasteiger partial charge in [-0.25, -0.2) is 28.7 Å². The van der Waals surface area contributed by atoms with E-state index in [0.29, 0.717) is 17.8 Å². The number of nitrogens with zero attached hydrogens (tertiary/aromatic N) is 6. The van der Waals surface area contributed by atoms with Crippen LogP contribution in [0.15, 0.2) is 47.7 Å². The summed E-state index contributed by atoms with van der Waals surface area (Å²) in [4.78, 5) is 30.1. The normalized spacial score (nSPS) is 17.5. The SMILES string of the molecule is Cc1nn(-c2cc(OC3CN(C(=O)N4N=CCC4c4ccccc4)C3)c(F)cn2)c(C)c1C(=O)O. The van der Waals surface area contributed by atoms with Crippen molar-refractivity contribution in [1.82, 2.24) is 24.7 Å². The molecule has 180 valence electrons. The van der Waals surface area contributed by atoms with Gasteiger partial charge < -0.3 is 14.7 Å². The van der Waals surface area contributed by atoms with E-state index in [9.17, 15) is 19.1 Å². The number of likely N-dealkylation sites (tertiary alicyclic amines) is 1. The van der Waals surface area contributed by atoms with Crippen LogP contribution in [0.5, 0.6) is 5.75 Å². The second-order valence-corrected chi connectivity index (χ2v) is 8.47. The van der Waals surface area contributed by atoms with E-state index < -0.39 is 17.9 Å². The minimum Gasteiger partial charge on any atom is -0.483 e. The Hall–Kier alpha value is -4.28. The summed E-state index contributed by atoms with van der Waals surface area (Å²) in [6.07, 6.45) is 2.98. The Morgan fingerprint density at radius 3 is 2.60 bits per heavy atom. The van der Waals surface area contributed by atoms with Gasteiger partial charge in [-0.1, -0.05) is 30.3 Å². The van der Waals surface area contributed by atoms with Crippen molar-refractivity contribution in [2.75, 3.05) is 13.1 Å². The first kappa shape index (κ1) is 22.5. The number of carbonyl (C=O) groups is 2. The van der Waals surface area contributed by atoms with Crippen LogP contribution in [0.2, 0.25) is 0 Å². The van der Waals surface area contributed by atoms with Crippen LogP contribution in [0.4, 0.5) is 9.18 Å². The van der Waals surface area contributed by atoms with Crippen molar-refractivity contribution in [2.24, 2.45) is 5.10 Å². The van der Waals surface area contributed by atoms with Crippen LogP contribution in [-0.4, -0.2) is 67.2 Å². The van der Waals surface area contributed by atoms with Gasteiger partial charge in [0.15, 0.2) is 17.4 Å². The molecule has 10 nitrogen and oxygen atoms in total. The third-order valence-electron chi connectivity index (χ3n) is 6.15. The predicted octanol–water partition coefficient (Wildman–Crippen LogP) is 3.34. The van der Waals surface area contributed by atoms with Gasteiger partial charge in [-0.05, 0) is 19.4 Å². The van der Waals surface area contributed by atoms with E-state index in [2.05, 4.69) is 15.2 Å². The van der Waals surface area contributed by atoms with Crippen molar-refractivity contribution in [3.63, 3.8) is 0 Å². The van der Waals surface area contributed by atoms with Crippen LogP contribution >= 0.6 is 0 Å². The number of amides is 2. The molecule has 0 spiro atoms. The number of carboxylic acid groups (broad SMARTS) is 1. The molecule has 1 saturated heterocycles. The number of ether oxygens (including phenoxy) is 1. The van der Waals surface area contributed by atoms with Crippen LogP contribution in [0.3, 0.4) is 0 Å². The Bertz CT molecular complexity index is 1320. The fourth-order valence-electron chi connectivity index (χ4n) is 4.34. The largest absolute Gasteiger partial charge is 0.483 e. The molecule has 1 N–H and O–H groups in total. The molecule has 0 bridgehead atoms. The first-order chi connectivity index (χ1) is 16.8. The molecule has 2 aromatic heterocycles. The zero-order valence-corrected chi connectivity index (χ0v) is 19.1. The van der Waals surface area contributed by atoms with Gasteiger partial charge in [-0.2, -0.15) is 10.2 Å². The number of urea groups is 1. The van der Waals surface area contributed by atoms with E-state index in [1.54, 1.807) is 25.0 Å². The predicted molar refractivity (Wildman–Crippen MR) is 123 cm³/mol. The standard InChI is InChI=1S/C24H23FN6O4/c1-14-22(23(32)33)15(2)30(28-14)21-10-20(18(25)11-26-21)35-17-12-29(13-17)24(34)31-19(8-9-27-31)16-6-4-3-5-7-16/h3-7,9-11,17,19H,8,12-13H2,1-2H3,(H,32,33). The highest BCUT2D eigenvalue weighted by Gasteiger charge is 2.39. The van der Waals surface area contributed by atoms with Crippen molar-refractivity contribution in [3.8, 4) is 11.6 Å². The van der Waals surface area contributed by atoms with Crippen molar-refractivity contribution < 1.29 is 23.8 Å². The molecule has 3 aromatic rings. The number of hydrogen-bond donors (Lipinski definition) is 1. The molecule has 5 rings (SSSR count). The molecule has 35 heavy (non-hydrogen) atoms. The molecular weight excluding hydrogens is 455 g/mol. The smallest absolute Gasteiger partial charge is 0.341 e. The van der Waals surface area contributed by atoms with E-state index in [4.69, 9.17) is 4.74 Å². The molecule has 2 amide bonds. The fourth-order valence-corrected chi connectivity index (χ4v) is 4.34. The number of aromatic carboxylic acids is 1. The van der Waals surface area contributed by atoms with Crippen LogP contribution in [0.25, 0.3) is 5.82 Å². The lowest BCUT2D eigenvalue weighted by molar-refractivity contribution is 0.0256. The lowest BCUT2D eigenvalue weighted by Gasteiger charge is -2.41. The second-order valence-electron chi connectivity index (χ2n) is 8.47. The van der Waals surface area contributed by atoms with Gasteiger partial charge in [0.25, 0.3) is 0 Å². The summed E-state index contributed by atoms with van der Waals surface area (Å²) < 4.78 is 21.6. The average Bonchev–Trinajstić information content (AvgIpc) is 3.41. The summed E-state index contributed by atoms with van der Waals surface area (Å²) >= 11 is 0. The topological polar surface area (TPSA) is 113 Å². The van der Waals surface area contributed by atoms with Gasteiger partial charge in [0.05, 0.1) is 36.7 Å². The third-order valence-corrected chi connectivity index (χ3v) is 6.15. The van der Waals surface area contributed by atoms with E-state index in [1.165, 1.54) is 15.8 Å². The van der Waals surface area contributed by atoms with Crippen molar-refractivity contribution >= 4 is 18.2 Å². The zero-order valence-electron chi connectivity index (χ0n) is 19.1. The number of hydrogen-bond acceptors (Lipinski definition) is 6.